The van der Waals surface area contributed by atoms with Gasteiger partial charge in [0.25, 0.3) is 5.91 Å². The van der Waals surface area contributed by atoms with Crippen LogP contribution >= 0.6 is 0 Å². The van der Waals surface area contributed by atoms with Crippen molar-refractivity contribution in [3.63, 3.8) is 0 Å². The number of hydrogen-bond donors (Lipinski definition) is 3. The van der Waals surface area contributed by atoms with Crippen LogP contribution < -0.4 is 10.6 Å². The van der Waals surface area contributed by atoms with E-state index in [1.54, 1.807) is 6.92 Å². The third-order valence-corrected chi connectivity index (χ3v) is 2.73. The number of hydrogen-bond acceptors (Lipinski definition) is 3. The fraction of sp³-hybridized carbons (Fsp3) is 0.545. The molecule has 1 aromatic rings. The number of aromatic nitrogens is 2. The molecule has 0 aliphatic heterocycles. The van der Waals surface area contributed by atoms with Gasteiger partial charge in [-0.25, -0.2) is 0 Å². The van der Waals surface area contributed by atoms with Crippen molar-refractivity contribution in [1.29, 1.82) is 0 Å². The first-order valence-electron chi connectivity index (χ1n) is 5.74. The maximum Gasteiger partial charge on any atom is 0.254 e. The lowest BCUT2D eigenvalue weighted by atomic mass is 10.2. The monoisotopic (exact) mass is 236 g/mol. The van der Waals surface area contributed by atoms with Crippen molar-refractivity contribution in [2.45, 2.75) is 19.8 Å². The Kier molecular flexibility index (Phi) is 3.41. The van der Waals surface area contributed by atoms with E-state index >= 15 is 0 Å². The molecule has 6 heteroatoms. The Balaban J connectivity index is 1.66. The van der Waals surface area contributed by atoms with E-state index in [-0.39, 0.29) is 17.7 Å². The summed E-state index contributed by atoms with van der Waals surface area (Å²) in [7, 11) is 0. The molecule has 0 saturated heterocycles. The van der Waals surface area contributed by atoms with E-state index in [0.29, 0.717) is 18.7 Å². The van der Waals surface area contributed by atoms with Crippen molar-refractivity contribution in [1.82, 2.24) is 20.8 Å². The second-order valence-electron chi connectivity index (χ2n) is 4.23. The molecule has 1 saturated carbocycles. The highest BCUT2D eigenvalue weighted by molar-refractivity contribution is 5.94. The van der Waals surface area contributed by atoms with Crippen molar-refractivity contribution in [2.75, 3.05) is 13.1 Å². The number of amides is 2. The molecule has 0 unspecified atom stereocenters. The van der Waals surface area contributed by atoms with E-state index < -0.39 is 0 Å². The zero-order valence-corrected chi connectivity index (χ0v) is 9.75. The summed E-state index contributed by atoms with van der Waals surface area (Å²) in [5.74, 6) is 0.137. The molecule has 0 bridgehead atoms. The van der Waals surface area contributed by atoms with Crippen LogP contribution in [-0.4, -0.2) is 35.1 Å². The highest BCUT2D eigenvalue weighted by Gasteiger charge is 2.28. The SMILES string of the molecule is Cc1[nH]ncc1C(=O)NCCNC(=O)C1CC1. The number of H-pyrrole nitrogens is 1. The molecule has 1 heterocycles. The molecule has 1 fully saturated rings. The van der Waals surface area contributed by atoms with Gasteiger partial charge in [0.15, 0.2) is 0 Å². The van der Waals surface area contributed by atoms with Gasteiger partial charge in [0.05, 0.1) is 11.8 Å². The first-order chi connectivity index (χ1) is 8.18. The predicted molar refractivity (Wildman–Crippen MR) is 61.4 cm³/mol. The molecule has 0 radical (unpaired) electrons. The summed E-state index contributed by atoms with van der Waals surface area (Å²) in [6.07, 6.45) is 3.48. The van der Waals surface area contributed by atoms with Crippen LogP contribution in [0.25, 0.3) is 0 Å². The minimum atomic E-state index is -0.170. The summed E-state index contributed by atoms with van der Waals surface area (Å²) in [5, 5.41) is 12.0. The number of aromatic amines is 1. The molecule has 6 nitrogen and oxygen atoms in total. The van der Waals surface area contributed by atoms with Gasteiger partial charge in [0.1, 0.15) is 0 Å². The predicted octanol–water partition coefficient (Wildman–Crippen LogP) is -0.0259. The van der Waals surface area contributed by atoms with E-state index in [4.69, 9.17) is 0 Å². The fourth-order valence-corrected chi connectivity index (χ4v) is 1.53. The average Bonchev–Trinajstić information content (AvgIpc) is 3.07. The van der Waals surface area contributed by atoms with Crippen LogP contribution in [0.15, 0.2) is 6.20 Å². The summed E-state index contributed by atoms with van der Waals surface area (Å²) >= 11 is 0. The van der Waals surface area contributed by atoms with Crippen LogP contribution in [0.4, 0.5) is 0 Å². The van der Waals surface area contributed by atoms with Crippen molar-refractivity contribution in [3.05, 3.63) is 17.5 Å². The fourth-order valence-electron chi connectivity index (χ4n) is 1.53. The van der Waals surface area contributed by atoms with E-state index in [1.165, 1.54) is 6.20 Å². The van der Waals surface area contributed by atoms with Gasteiger partial charge >= 0.3 is 0 Å². The Morgan fingerprint density at radius 2 is 2.12 bits per heavy atom. The van der Waals surface area contributed by atoms with Gasteiger partial charge in [-0.05, 0) is 19.8 Å². The second-order valence-corrected chi connectivity index (χ2v) is 4.23. The lowest BCUT2D eigenvalue weighted by Gasteiger charge is -2.05. The molecule has 1 aliphatic rings. The van der Waals surface area contributed by atoms with Gasteiger partial charge in [-0.3, -0.25) is 14.7 Å². The van der Waals surface area contributed by atoms with E-state index in [0.717, 1.165) is 18.5 Å². The van der Waals surface area contributed by atoms with Crippen LogP contribution in [0.5, 0.6) is 0 Å². The molecule has 1 aliphatic carbocycles. The summed E-state index contributed by atoms with van der Waals surface area (Å²) in [4.78, 5) is 22.9. The molecule has 1 aromatic heterocycles. The molecule has 92 valence electrons. The number of rotatable bonds is 5. The third kappa shape index (κ3) is 3.05. The molecular weight excluding hydrogens is 220 g/mol. The summed E-state index contributed by atoms with van der Waals surface area (Å²) in [5.41, 5.74) is 1.28. The smallest absolute Gasteiger partial charge is 0.254 e. The lowest BCUT2D eigenvalue weighted by Crippen LogP contribution is -2.35. The van der Waals surface area contributed by atoms with E-state index in [9.17, 15) is 9.59 Å². The van der Waals surface area contributed by atoms with Gasteiger partial charge in [-0.1, -0.05) is 0 Å². The Hall–Kier alpha value is -1.85. The number of aryl methyl sites for hydroxylation is 1. The summed E-state index contributed by atoms with van der Waals surface area (Å²) in [6, 6.07) is 0. The van der Waals surface area contributed by atoms with Crippen molar-refractivity contribution in [2.24, 2.45) is 5.92 Å². The van der Waals surface area contributed by atoms with E-state index in [1.807, 2.05) is 0 Å². The Bertz CT molecular complexity index is 423. The topological polar surface area (TPSA) is 86.9 Å². The highest BCUT2D eigenvalue weighted by atomic mass is 16.2. The number of carbonyl (C=O) groups excluding carboxylic acids is 2. The zero-order chi connectivity index (χ0) is 12.3. The zero-order valence-electron chi connectivity index (χ0n) is 9.75. The largest absolute Gasteiger partial charge is 0.354 e. The average molecular weight is 236 g/mol. The van der Waals surface area contributed by atoms with Crippen molar-refractivity contribution >= 4 is 11.8 Å². The molecular formula is C11H16N4O2. The van der Waals surface area contributed by atoms with Crippen LogP contribution in [-0.2, 0) is 4.79 Å². The Morgan fingerprint density at radius 1 is 1.41 bits per heavy atom. The summed E-state index contributed by atoms with van der Waals surface area (Å²) in [6.45, 7) is 2.69. The van der Waals surface area contributed by atoms with Gasteiger partial charge in [-0.2, -0.15) is 5.10 Å². The minimum Gasteiger partial charge on any atom is -0.354 e. The molecule has 0 aromatic carbocycles. The van der Waals surface area contributed by atoms with Crippen LogP contribution in [0, 0.1) is 12.8 Å². The lowest BCUT2D eigenvalue weighted by molar-refractivity contribution is -0.122. The maximum absolute atomic E-state index is 11.6. The van der Waals surface area contributed by atoms with Gasteiger partial charge in [0, 0.05) is 24.7 Å². The quantitative estimate of drug-likeness (QED) is 0.628. The number of nitrogens with zero attached hydrogens (tertiary/aromatic N) is 1. The van der Waals surface area contributed by atoms with E-state index in [2.05, 4.69) is 20.8 Å². The maximum atomic E-state index is 11.6. The third-order valence-electron chi connectivity index (χ3n) is 2.73. The Labute approximate surface area is 99.2 Å². The van der Waals surface area contributed by atoms with Gasteiger partial charge in [-0.15, -0.1) is 0 Å². The Morgan fingerprint density at radius 3 is 2.71 bits per heavy atom. The first-order valence-corrected chi connectivity index (χ1v) is 5.74. The molecule has 3 N–H and O–H groups in total. The minimum absolute atomic E-state index is 0.0961. The highest BCUT2D eigenvalue weighted by Crippen LogP contribution is 2.28. The second kappa shape index (κ2) is 4.99. The number of nitrogens with one attached hydrogen (secondary N) is 3. The normalized spacial score (nSPS) is 14.4. The first kappa shape index (κ1) is 11.6. The molecule has 0 spiro atoms. The molecule has 0 atom stereocenters. The van der Waals surface area contributed by atoms with Crippen LogP contribution in [0.3, 0.4) is 0 Å². The van der Waals surface area contributed by atoms with Crippen molar-refractivity contribution in [3.8, 4) is 0 Å². The summed E-state index contributed by atoms with van der Waals surface area (Å²) < 4.78 is 0. The molecule has 17 heavy (non-hydrogen) atoms. The van der Waals surface area contributed by atoms with Crippen LogP contribution in [0.1, 0.15) is 28.9 Å². The van der Waals surface area contributed by atoms with Gasteiger partial charge in [0.2, 0.25) is 5.91 Å². The molecule has 2 rings (SSSR count). The number of carbonyl (C=O) groups is 2. The van der Waals surface area contributed by atoms with Crippen molar-refractivity contribution < 1.29 is 9.59 Å². The molecule has 2 amide bonds. The standard InChI is InChI=1S/C11H16N4O2/c1-7-9(6-14-15-7)11(17)13-5-4-12-10(16)8-2-3-8/h6,8H,2-5H2,1H3,(H,12,16)(H,13,17)(H,14,15). The van der Waals surface area contributed by atoms with Crippen LogP contribution in [0.2, 0.25) is 0 Å². The van der Waals surface area contributed by atoms with Gasteiger partial charge < -0.3 is 10.6 Å².